The van der Waals surface area contributed by atoms with Crippen molar-refractivity contribution in [2.24, 2.45) is 22.7 Å². The summed E-state index contributed by atoms with van der Waals surface area (Å²) in [5.41, 5.74) is 0.627. The van der Waals surface area contributed by atoms with Gasteiger partial charge < -0.3 is 5.11 Å². The van der Waals surface area contributed by atoms with Crippen LogP contribution in [-0.4, -0.2) is 29.4 Å². The molecule has 0 aliphatic heterocycles. The lowest BCUT2D eigenvalue weighted by Crippen LogP contribution is -2.37. The highest BCUT2D eigenvalue weighted by Gasteiger charge is 2.39. The molecule has 20 heavy (non-hydrogen) atoms. The van der Waals surface area contributed by atoms with E-state index in [9.17, 15) is 5.11 Å². The van der Waals surface area contributed by atoms with Gasteiger partial charge in [-0.2, -0.15) is 25.3 Å². The quantitative estimate of drug-likeness (QED) is 0.511. The maximum absolute atomic E-state index is 9.64. The Balaban J connectivity index is 1.84. The van der Waals surface area contributed by atoms with Gasteiger partial charge in [0.25, 0.3) is 0 Å². The molecule has 1 unspecified atom stereocenters. The highest BCUT2D eigenvalue weighted by atomic mass is 32.1. The summed E-state index contributed by atoms with van der Waals surface area (Å²) < 4.78 is 0. The maximum Gasteiger partial charge on any atom is 0.0490 e. The molecule has 0 saturated heterocycles. The molecule has 1 atom stereocenters. The van der Waals surface area contributed by atoms with Crippen LogP contribution in [0.3, 0.4) is 0 Å². The average Bonchev–Trinajstić information content (AvgIpc) is 2.55. The van der Waals surface area contributed by atoms with E-state index in [4.69, 9.17) is 0 Å². The molecule has 2 rings (SSSR count). The molecular formula is C16H31OPS2. The van der Waals surface area contributed by atoms with Gasteiger partial charge in [-0.15, -0.1) is 9.24 Å². The molecular weight excluding hydrogens is 303 g/mol. The van der Waals surface area contributed by atoms with Gasteiger partial charge in [-0.3, -0.25) is 0 Å². The van der Waals surface area contributed by atoms with Crippen LogP contribution in [0.2, 0.25) is 0 Å². The van der Waals surface area contributed by atoms with E-state index in [1.165, 1.54) is 51.4 Å². The van der Waals surface area contributed by atoms with E-state index in [1.807, 2.05) is 0 Å². The second kappa shape index (κ2) is 7.57. The zero-order chi connectivity index (χ0) is 14.6. The van der Waals surface area contributed by atoms with Crippen LogP contribution in [0, 0.1) is 22.7 Å². The van der Waals surface area contributed by atoms with Crippen molar-refractivity contribution in [1.82, 2.24) is 0 Å². The smallest absolute Gasteiger partial charge is 0.0490 e. The van der Waals surface area contributed by atoms with Crippen LogP contribution < -0.4 is 0 Å². The van der Waals surface area contributed by atoms with E-state index in [2.05, 4.69) is 34.5 Å². The Morgan fingerprint density at radius 1 is 0.850 bits per heavy atom. The van der Waals surface area contributed by atoms with Crippen molar-refractivity contribution < 1.29 is 5.11 Å². The molecule has 0 bridgehead atoms. The van der Waals surface area contributed by atoms with Crippen LogP contribution in [0.4, 0.5) is 0 Å². The number of hydrogen-bond acceptors (Lipinski definition) is 3. The van der Waals surface area contributed by atoms with Crippen LogP contribution >= 0.6 is 34.5 Å². The SMILES string of the molecule is OCC1(CP)CCC(C2CCC(CS)(CS)CC2)CC1. The molecule has 1 N–H and O–H groups in total. The van der Waals surface area contributed by atoms with Crippen molar-refractivity contribution in [3.8, 4) is 0 Å². The van der Waals surface area contributed by atoms with Gasteiger partial charge in [0.2, 0.25) is 0 Å². The van der Waals surface area contributed by atoms with Gasteiger partial charge in [0.15, 0.2) is 0 Å². The summed E-state index contributed by atoms with van der Waals surface area (Å²) >= 11 is 9.11. The van der Waals surface area contributed by atoms with E-state index in [0.717, 1.165) is 29.5 Å². The molecule has 2 aliphatic carbocycles. The van der Waals surface area contributed by atoms with E-state index in [0.29, 0.717) is 12.0 Å². The molecule has 0 aromatic rings. The first-order valence-corrected chi connectivity index (χ1v) is 10.2. The fraction of sp³-hybridized carbons (Fsp3) is 1.00. The second-order valence-electron chi connectivity index (χ2n) is 7.35. The Kier molecular flexibility index (Phi) is 6.61. The molecule has 0 amide bonds. The van der Waals surface area contributed by atoms with Crippen molar-refractivity contribution in [3.63, 3.8) is 0 Å². The molecule has 0 aromatic carbocycles. The monoisotopic (exact) mass is 334 g/mol. The van der Waals surface area contributed by atoms with Crippen molar-refractivity contribution in [3.05, 3.63) is 0 Å². The van der Waals surface area contributed by atoms with Gasteiger partial charge in [-0.1, -0.05) is 0 Å². The third-order valence-electron chi connectivity index (χ3n) is 6.29. The van der Waals surface area contributed by atoms with E-state index in [1.54, 1.807) is 0 Å². The molecule has 2 fully saturated rings. The predicted octanol–water partition coefficient (Wildman–Crippen LogP) is 4.07. The van der Waals surface area contributed by atoms with Gasteiger partial charge in [0.1, 0.15) is 0 Å². The Morgan fingerprint density at radius 3 is 1.55 bits per heavy atom. The third kappa shape index (κ3) is 3.70. The van der Waals surface area contributed by atoms with Crippen molar-refractivity contribution in [2.45, 2.75) is 51.4 Å². The van der Waals surface area contributed by atoms with Gasteiger partial charge >= 0.3 is 0 Å². The number of hydrogen-bond donors (Lipinski definition) is 3. The molecule has 118 valence electrons. The summed E-state index contributed by atoms with van der Waals surface area (Å²) in [6, 6.07) is 0. The fourth-order valence-corrected chi connectivity index (χ4v) is 5.81. The van der Waals surface area contributed by atoms with Gasteiger partial charge in [-0.05, 0) is 91.7 Å². The molecule has 0 heterocycles. The summed E-state index contributed by atoms with van der Waals surface area (Å²) in [5, 5.41) is 9.64. The maximum atomic E-state index is 9.64. The molecule has 4 heteroatoms. The number of thiol groups is 2. The van der Waals surface area contributed by atoms with Crippen LogP contribution in [0.1, 0.15) is 51.4 Å². The number of aliphatic hydroxyl groups is 1. The number of rotatable bonds is 5. The van der Waals surface area contributed by atoms with E-state index >= 15 is 0 Å². The minimum Gasteiger partial charge on any atom is -0.396 e. The van der Waals surface area contributed by atoms with Gasteiger partial charge in [0, 0.05) is 6.61 Å². The zero-order valence-corrected chi connectivity index (χ0v) is 15.5. The highest BCUT2D eigenvalue weighted by Crippen LogP contribution is 2.49. The topological polar surface area (TPSA) is 20.2 Å². The molecule has 1 nitrogen and oxygen atoms in total. The summed E-state index contributed by atoms with van der Waals surface area (Å²) in [6.45, 7) is 0.371. The standard InChI is InChI=1S/C16H31OPS2/c17-9-15(10-18)5-1-13(2-6-15)14-3-7-16(11-19,12-20)8-4-14/h13-14,17,19-20H,1-12,18H2. The van der Waals surface area contributed by atoms with Crippen LogP contribution in [0.5, 0.6) is 0 Å². The van der Waals surface area contributed by atoms with E-state index < -0.39 is 0 Å². The van der Waals surface area contributed by atoms with Crippen LogP contribution in [-0.2, 0) is 0 Å². The minimum atomic E-state index is 0.218. The molecule has 2 aliphatic rings. The van der Waals surface area contributed by atoms with E-state index in [-0.39, 0.29) is 5.41 Å². The summed E-state index contributed by atoms with van der Waals surface area (Å²) in [7, 11) is 2.85. The highest BCUT2D eigenvalue weighted by molar-refractivity contribution is 7.81. The number of aliphatic hydroxyl groups excluding tert-OH is 1. The van der Waals surface area contributed by atoms with Crippen molar-refractivity contribution in [2.75, 3.05) is 24.3 Å². The van der Waals surface area contributed by atoms with Gasteiger partial charge in [-0.25, -0.2) is 0 Å². The minimum absolute atomic E-state index is 0.218. The first-order valence-electron chi connectivity index (χ1n) is 8.15. The molecule has 0 aromatic heterocycles. The summed E-state index contributed by atoms with van der Waals surface area (Å²) in [5.74, 6) is 3.82. The zero-order valence-electron chi connectivity index (χ0n) is 12.6. The lowest BCUT2D eigenvalue weighted by molar-refractivity contribution is 0.0529. The van der Waals surface area contributed by atoms with Crippen molar-refractivity contribution in [1.29, 1.82) is 0 Å². The largest absolute Gasteiger partial charge is 0.396 e. The Hall–Kier alpha value is 1.09. The lowest BCUT2D eigenvalue weighted by Gasteiger charge is -2.45. The Labute approximate surface area is 138 Å². The first kappa shape index (κ1) is 17.4. The molecule has 2 saturated carbocycles. The fourth-order valence-electron chi connectivity index (χ4n) is 4.24. The van der Waals surface area contributed by atoms with Crippen LogP contribution in [0.15, 0.2) is 0 Å². The van der Waals surface area contributed by atoms with Crippen LogP contribution in [0.25, 0.3) is 0 Å². The molecule has 0 spiro atoms. The third-order valence-corrected chi connectivity index (χ3v) is 8.50. The second-order valence-corrected chi connectivity index (χ2v) is 8.39. The van der Waals surface area contributed by atoms with Gasteiger partial charge in [0.05, 0.1) is 0 Å². The normalized spacial score (nSPS) is 35.1. The Bertz CT molecular complexity index is 253. The Morgan fingerprint density at radius 2 is 1.25 bits per heavy atom. The first-order chi connectivity index (χ1) is 9.62. The predicted molar refractivity (Wildman–Crippen MR) is 98.2 cm³/mol. The van der Waals surface area contributed by atoms with Crippen molar-refractivity contribution >= 4 is 34.5 Å². The lowest BCUT2D eigenvalue weighted by atomic mass is 9.63. The summed E-state index contributed by atoms with van der Waals surface area (Å²) in [6.07, 6.45) is 11.5. The summed E-state index contributed by atoms with van der Waals surface area (Å²) in [4.78, 5) is 0. The average molecular weight is 335 g/mol. The molecule has 0 radical (unpaired) electrons.